The van der Waals surface area contributed by atoms with Crippen molar-refractivity contribution in [3.63, 3.8) is 0 Å². The molecule has 0 bridgehead atoms. The van der Waals surface area contributed by atoms with E-state index in [0.29, 0.717) is 36.0 Å². The highest BCUT2D eigenvalue weighted by molar-refractivity contribution is 5.92. The average Bonchev–Trinajstić information content (AvgIpc) is 3.21. The van der Waals surface area contributed by atoms with Gasteiger partial charge < -0.3 is 24.8 Å². The number of hydrogen-bond acceptors (Lipinski definition) is 7. The third kappa shape index (κ3) is 5.42. The molecule has 1 atom stereocenters. The number of aromatic nitrogens is 4. The molecule has 34 heavy (non-hydrogen) atoms. The maximum absolute atomic E-state index is 13.6. The lowest BCUT2D eigenvalue weighted by molar-refractivity contribution is -0.128. The molecule has 0 radical (unpaired) electrons. The number of aryl methyl sites for hydroxylation is 1. The van der Waals surface area contributed by atoms with Crippen LogP contribution in [0.15, 0.2) is 24.5 Å². The van der Waals surface area contributed by atoms with Gasteiger partial charge >= 0.3 is 0 Å². The first-order valence-corrected chi connectivity index (χ1v) is 10.2. The zero-order chi connectivity index (χ0) is 25.0. The van der Waals surface area contributed by atoms with Gasteiger partial charge in [-0.3, -0.25) is 14.4 Å². The van der Waals surface area contributed by atoms with Gasteiger partial charge in [-0.2, -0.15) is 0 Å². The highest BCUT2D eigenvalue weighted by atomic mass is 19.3. The lowest BCUT2D eigenvalue weighted by atomic mass is 10.2. The van der Waals surface area contributed by atoms with Gasteiger partial charge in [0.25, 0.3) is 6.43 Å². The molecule has 0 aromatic carbocycles. The summed E-state index contributed by atoms with van der Waals surface area (Å²) in [6, 6.07) is 2.25. The summed E-state index contributed by atoms with van der Waals surface area (Å²) in [5.41, 5.74) is 0.455. The second-order valence-corrected chi connectivity index (χ2v) is 7.69. The number of likely N-dealkylation sites (N-methyl/N-ethyl adjacent to an activating group) is 1. The molecule has 0 aliphatic heterocycles. The van der Waals surface area contributed by atoms with Crippen LogP contribution in [0.25, 0.3) is 5.65 Å². The molecule has 11 nitrogen and oxygen atoms in total. The number of carbonyl (C=O) groups excluding carboxylic acids is 3. The summed E-state index contributed by atoms with van der Waals surface area (Å²) >= 11 is 0. The Morgan fingerprint density at radius 3 is 2.47 bits per heavy atom. The molecule has 3 heterocycles. The molecular weight excluding hydrogens is 450 g/mol. The van der Waals surface area contributed by atoms with Gasteiger partial charge in [-0.25, -0.2) is 23.7 Å². The van der Waals surface area contributed by atoms with E-state index in [0.717, 1.165) is 11.0 Å². The van der Waals surface area contributed by atoms with Crippen LogP contribution in [0.3, 0.4) is 0 Å². The van der Waals surface area contributed by atoms with Gasteiger partial charge in [-0.1, -0.05) is 0 Å². The fourth-order valence-electron chi connectivity index (χ4n) is 3.20. The zero-order valence-electron chi connectivity index (χ0n) is 19.0. The molecular formula is C21H24F2N8O3. The van der Waals surface area contributed by atoms with E-state index in [2.05, 4.69) is 25.6 Å². The van der Waals surface area contributed by atoms with Crippen molar-refractivity contribution in [3.8, 4) is 0 Å². The number of hydrogen-bond donors (Lipinski definition) is 2. The number of anilines is 3. The maximum atomic E-state index is 13.6. The van der Waals surface area contributed by atoms with E-state index in [1.165, 1.54) is 35.7 Å². The minimum Gasteiger partial charge on any atom is -0.362 e. The number of nitrogens with one attached hydrogen (secondary N) is 2. The summed E-state index contributed by atoms with van der Waals surface area (Å²) < 4.78 is 28.5. The van der Waals surface area contributed by atoms with Gasteiger partial charge in [-0.15, -0.1) is 0 Å². The lowest BCUT2D eigenvalue weighted by Gasteiger charge is -2.20. The number of carbonyl (C=O) groups is 3. The number of rotatable bonds is 10. The summed E-state index contributed by atoms with van der Waals surface area (Å²) in [5, 5.41) is 5.59. The molecule has 13 heteroatoms. The normalized spacial score (nSPS) is 11.9. The van der Waals surface area contributed by atoms with Crippen LogP contribution in [-0.2, 0) is 14.4 Å². The number of amides is 3. The lowest BCUT2D eigenvalue weighted by Crippen LogP contribution is -2.36. The smallest absolute Gasteiger partial charge is 0.265 e. The molecule has 3 amide bonds. The van der Waals surface area contributed by atoms with Gasteiger partial charge in [-0.05, 0) is 19.9 Å². The van der Waals surface area contributed by atoms with Gasteiger partial charge in [0, 0.05) is 38.1 Å². The highest BCUT2D eigenvalue weighted by Crippen LogP contribution is 2.29. The third-order valence-corrected chi connectivity index (χ3v) is 4.92. The quantitative estimate of drug-likeness (QED) is 0.432. The van der Waals surface area contributed by atoms with Crippen molar-refractivity contribution in [2.45, 2.75) is 26.3 Å². The van der Waals surface area contributed by atoms with Crippen LogP contribution in [0.4, 0.5) is 26.1 Å². The van der Waals surface area contributed by atoms with Crippen LogP contribution in [0.2, 0.25) is 0 Å². The van der Waals surface area contributed by atoms with Crippen molar-refractivity contribution < 1.29 is 23.2 Å². The van der Waals surface area contributed by atoms with Gasteiger partial charge in [0.15, 0.2) is 5.65 Å². The Labute approximate surface area is 193 Å². The second-order valence-electron chi connectivity index (χ2n) is 7.69. The summed E-state index contributed by atoms with van der Waals surface area (Å²) in [5.74, 6) is 0.769. The molecule has 0 saturated heterocycles. The Hall–Kier alpha value is -4.16. The van der Waals surface area contributed by atoms with E-state index < -0.39 is 12.5 Å². The number of halogens is 2. The summed E-state index contributed by atoms with van der Waals surface area (Å²) in [6.45, 7) is 3.12. The van der Waals surface area contributed by atoms with E-state index in [9.17, 15) is 23.2 Å². The van der Waals surface area contributed by atoms with E-state index in [-0.39, 0.29) is 29.3 Å². The molecule has 0 spiro atoms. The summed E-state index contributed by atoms with van der Waals surface area (Å²) in [6.07, 6.45) is 0.893. The monoisotopic (exact) mass is 474 g/mol. The molecule has 1 unspecified atom stereocenters. The minimum absolute atomic E-state index is 0.0804. The highest BCUT2D eigenvalue weighted by Gasteiger charge is 2.22. The van der Waals surface area contributed by atoms with Gasteiger partial charge in [0.2, 0.25) is 18.7 Å². The number of imidazole rings is 1. The SMILES string of the molecule is Cc1nc(NC=O)cc(NC(C)c2cn3cc(C(F)F)cc(N(C=O)CC(=O)N(C)C)c3n2)n1. The second kappa shape index (κ2) is 10.2. The molecule has 3 rings (SSSR count). The van der Waals surface area contributed by atoms with Crippen molar-refractivity contribution >= 4 is 41.7 Å². The van der Waals surface area contributed by atoms with Crippen LogP contribution in [0.1, 0.15) is 36.5 Å². The Bertz CT molecular complexity index is 1210. The fourth-order valence-corrected chi connectivity index (χ4v) is 3.20. The van der Waals surface area contributed by atoms with Crippen molar-refractivity contribution in [1.82, 2.24) is 24.3 Å². The van der Waals surface area contributed by atoms with Crippen LogP contribution in [0, 0.1) is 6.92 Å². The summed E-state index contributed by atoms with van der Waals surface area (Å²) in [4.78, 5) is 49.9. The van der Waals surface area contributed by atoms with Crippen LogP contribution in [0.5, 0.6) is 0 Å². The van der Waals surface area contributed by atoms with E-state index in [4.69, 9.17) is 0 Å². The van der Waals surface area contributed by atoms with E-state index in [1.807, 2.05) is 0 Å². The predicted molar refractivity (Wildman–Crippen MR) is 121 cm³/mol. The van der Waals surface area contributed by atoms with Crippen LogP contribution >= 0.6 is 0 Å². The number of alkyl halides is 2. The Morgan fingerprint density at radius 2 is 1.85 bits per heavy atom. The predicted octanol–water partition coefficient (Wildman–Crippen LogP) is 2.16. The first-order chi connectivity index (χ1) is 16.1. The van der Waals surface area contributed by atoms with Crippen molar-refractivity contribution in [1.29, 1.82) is 0 Å². The molecule has 0 fully saturated rings. The van der Waals surface area contributed by atoms with Crippen LogP contribution < -0.4 is 15.5 Å². The molecule has 3 aromatic rings. The molecule has 0 saturated carbocycles. The van der Waals surface area contributed by atoms with E-state index >= 15 is 0 Å². The largest absolute Gasteiger partial charge is 0.362 e. The summed E-state index contributed by atoms with van der Waals surface area (Å²) in [7, 11) is 3.06. The molecule has 0 aliphatic carbocycles. The van der Waals surface area contributed by atoms with Crippen LogP contribution in [-0.4, -0.2) is 63.6 Å². The zero-order valence-corrected chi connectivity index (χ0v) is 19.0. The first kappa shape index (κ1) is 24.5. The number of nitrogens with zero attached hydrogens (tertiary/aromatic N) is 6. The number of pyridine rings is 1. The Kier molecular flexibility index (Phi) is 7.34. The fraction of sp³-hybridized carbons (Fsp3) is 0.333. The topological polar surface area (TPSA) is 125 Å². The standard InChI is InChI=1S/C21H24F2N8O3/c1-12(25-18-6-17(24-10-32)26-13(2)27-18)15-8-30-7-14(20(22)23)5-16(21(30)28-15)31(11-33)9-19(34)29(3)4/h5-8,10-12,20H,9H2,1-4H3,(H2,24,25,26,27,32). The molecule has 2 N–H and O–H groups in total. The third-order valence-electron chi connectivity index (χ3n) is 4.92. The first-order valence-electron chi connectivity index (χ1n) is 10.2. The Morgan fingerprint density at radius 1 is 1.15 bits per heavy atom. The van der Waals surface area contributed by atoms with Gasteiger partial charge in [0.1, 0.15) is 24.0 Å². The van der Waals surface area contributed by atoms with E-state index in [1.54, 1.807) is 20.0 Å². The average molecular weight is 474 g/mol. The minimum atomic E-state index is -2.80. The van der Waals surface area contributed by atoms with Crippen molar-refractivity contribution in [2.24, 2.45) is 0 Å². The van der Waals surface area contributed by atoms with Crippen molar-refractivity contribution in [3.05, 3.63) is 41.6 Å². The molecule has 180 valence electrons. The molecule has 3 aromatic heterocycles. The van der Waals surface area contributed by atoms with Crippen molar-refractivity contribution in [2.75, 3.05) is 36.2 Å². The number of fused-ring (bicyclic) bond motifs is 1. The van der Waals surface area contributed by atoms with Gasteiger partial charge in [0.05, 0.1) is 17.4 Å². The maximum Gasteiger partial charge on any atom is 0.265 e. The molecule has 0 aliphatic rings. The Balaban J connectivity index is 2.00.